The normalized spacial score (nSPS) is 23.2. The number of esters is 1. The summed E-state index contributed by atoms with van der Waals surface area (Å²) in [4.78, 5) is 17.6. The molecule has 1 saturated heterocycles. The fourth-order valence-corrected chi connectivity index (χ4v) is 6.14. The first kappa shape index (κ1) is 31.3. The van der Waals surface area contributed by atoms with E-state index >= 15 is 8.78 Å². The summed E-state index contributed by atoms with van der Waals surface area (Å²) in [6, 6.07) is 19.9. The predicted molar refractivity (Wildman–Crippen MR) is 158 cm³/mol. The summed E-state index contributed by atoms with van der Waals surface area (Å²) >= 11 is 0. The Hall–Kier alpha value is -4.13. The zero-order valence-corrected chi connectivity index (χ0v) is 24.5. The largest absolute Gasteiger partial charge is 0.460 e. The first-order chi connectivity index (χ1) is 21.0. The molecule has 44 heavy (non-hydrogen) atoms. The first-order valence-electron chi connectivity index (χ1n) is 13.6. The summed E-state index contributed by atoms with van der Waals surface area (Å²) in [6.45, 7) is 4.16. The second kappa shape index (κ2) is 12.8. The van der Waals surface area contributed by atoms with E-state index in [1.165, 1.54) is 19.2 Å². The Balaban J connectivity index is 1.34. The Labute approximate surface area is 252 Å². The van der Waals surface area contributed by atoms with Crippen LogP contribution in [0.25, 0.3) is 10.8 Å². The Morgan fingerprint density at radius 3 is 2.64 bits per heavy atom. The maximum Gasteiger partial charge on any atom is 0.459 e. The first-order valence-corrected chi connectivity index (χ1v) is 15.1. The molecule has 3 aromatic carbocycles. The van der Waals surface area contributed by atoms with E-state index in [0.29, 0.717) is 5.39 Å². The summed E-state index contributed by atoms with van der Waals surface area (Å²) in [5.74, 6) is -4.51. The maximum atomic E-state index is 15.2. The highest BCUT2D eigenvalue weighted by molar-refractivity contribution is 7.52. The van der Waals surface area contributed by atoms with Gasteiger partial charge in [-0.2, -0.15) is 13.9 Å². The SMILES string of the molecule is C=C1N=C(N)C=CN1[C@@H]1O[C@H](COP(=O)(N[C@@H](C)C(=O)OCc2ccccc2)Oc2cccc3ccccc23)C(O)C1(F)F. The van der Waals surface area contributed by atoms with E-state index < -0.39 is 50.7 Å². The molecule has 0 bridgehead atoms. The van der Waals surface area contributed by atoms with Gasteiger partial charge in [0.15, 0.2) is 6.10 Å². The molecule has 232 valence electrons. The summed E-state index contributed by atoms with van der Waals surface area (Å²) in [5, 5.41) is 14.4. The summed E-state index contributed by atoms with van der Waals surface area (Å²) in [6.07, 6.45) is -3.55. The van der Waals surface area contributed by atoms with E-state index in [0.717, 1.165) is 15.8 Å². The van der Waals surface area contributed by atoms with Crippen molar-refractivity contribution in [1.82, 2.24) is 9.99 Å². The molecule has 2 unspecified atom stereocenters. The van der Waals surface area contributed by atoms with Crippen molar-refractivity contribution in [3.8, 4) is 5.75 Å². The van der Waals surface area contributed by atoms with Crippen molar-refractivity contribution in [3.63, 3.8) is 0 Å². The molecule has 4 N–H and O–H groups in total. The van der Waals surface area contributed by atoms with Crippen molar-refractivity contribution in [2.45, 2.75) is 43.9 Å². The van der Waals surface area contributed by atoms with E-state index in [1.807, 2.05) is 24.3 Å². The standard InChI is InChI=1S/C30H31F2N4O7P/c1-19(28(38)40-17-21-9-4-3-5-10-21)35-44(39,43-24-14-8-12-22-11-6-7-13-23(22)24)41-18-25-27(37)30(31,32)29(42-25)36-16-15-26(33)34-20(36)2/h3-16,19,25,27,29,37H,2,17-18H2,1H3,(H2,33,34)(H,35,39)/t19-,25+,27?,29+,44?/m0/s1. The van der Waals surface area contributed by atoms with Crippen molar-refractivity contribution < 1.29 is 41.8 Å². The van der Waals surface area contributed by atoms with Crippen molar-refractivity contribution in [1.29, 1.82) is 0 Å². The molecular weight excluding hydrogens is 597 g/mol. The number of hydrogen-bond acceptors (Lipinski definition) is 10. The smallest absolute Gasteiger partial charge is 0.459 e. The molecule has 2 heterocycles. The van der Waals surface area contributed by atoms with Gasteiger partial charge in [0.2, 0.25) is 6.23 Å². The van der Waals surface area contributed by atoms with Crippen LogP contribution in [0.15, 0.2) is 102 Å². The highest BCUT2D eigenvalue weighted by atomic mass is 31.2. The summed E-state index contributed by atoms with van der Waals surface area (Å²) in [7, 11) is -4.51. The molecule has 0 aliphatic carbocycles. The lowest BCUT2D eigenvalue weighted by Crippen LogP contribution is -2.47. The zero-order chi connectivity index (χ0) is 31.5. The van der Waals surface area contributed by atoms with Crippen molar-refractivity contribution >= 4 is 30.3 Å². The minimum absolute atomic E-state index is 0.0362. The average molecular weight is 629 g/mol. The van der Waals surface area contributed by atoms with Crippen LogP contribution in [0.5, 0.6) is 5.75 Å². The van der Waals surface area contributed by atoms with Gasteiger partial charge in [-0.3, -0.25) is 9.32 Å². The second-order valence-corrected chi connectivity index (χ2v) is 11.8. The molecule has 2 aliphatic heterocycles. The lowest BCUT2D eigenvalue weighted by atomic mass is 10.1. The van der Waals surface area contributed by atoms with Crippen LogP contribution in [-0.2, 0) is 30.0 Å². The van der Waals surface area contributed by atoms with Gasteiger partial charge >= 0.3 is 19.6 Å². The van der Waals surface area contributed by atoms with Crippen molar-refractivity contribution in [2.75, 3.05) is 6.61 Å². The predicted octanol–water partition coefficient (Wildman–Crippen LogP) is 4.44. The topological polar surface area (TPSA) is 145 Å². The number of aliphatic hydroxyl groups excluding tert-OH is 1. The van der Waals surface area contributed by atoms with Crippen LogP contribution in [0.4, 0.5) is 8.78 Å². The third kappa shape index (κ3) is 6.82. The molecule has 5 rings (SSSR count). The van der Waals surface area contributed by atoms with Crippen molar-refractivity contribution in [2.24, 2.45) is 10.7 Å². The van der Waals surface area contributed by atoms with Crippen LogP contribution in [0.3, 0.4) is 0 Å². The van der Waals surface area contributed by atoms with E-state index in [4.69, 9.17) is 24.3 Å². The molecule has 3 aromatic rings. The summed E-state index contributed by atoms with van der Waals surface area (Å²) in [5.41, 5.74) is 6.34. The fourth-order valence-electron chi connectivity index (χ4n) is 4.62. The molecule has 0 aromatic heterocycles. The molecule has 5 atom stereocenters. The van der Waals surface area contributed by atoms with E-state index in [2.05, 4.69) is 16.7 Å². The third-order valence-corrected chi connectivity index (χ3v) is 8.53. The number of hydrogen-bond donors (Lipinski definition) is 3. The van der Waals surface area contributed by atoms with E-state index in [1.54, 1.807) is 48.5 Å². The van der Waals surface area contributed by atoms with E-state index in [-0.39, 0.29) is 24.0 Å². The van der Waals surface area contributed by atoms with Gasteiger partial charge in [-0.1, -0.05) is 73.3 Å². The van der Waals surface area contributed by atoms with Crippen molar-refractivity contribution in [3.05, 3.63) is 103 Å². The number of ether oxygens (including phenoxy) is 2. The van der Waals surface area contributed by atoms with Crippen LogP contribution in [0, 0.1) is 0 Å². The van der Waals surface area contributed by atoms with Gasteiger partial charge < -0.3 is 29.7 Å². The minimum atomic E-state index is -4.51. The Morgan fingerprint density at radius 2 is 1.89 bits per heavy atom. The number of nitrogens with two attached hydrogens (primary N) is 1. The molecule has 0 saturated carbocycles. The number of carbonyl (C=O) groups excluding carboxylic acids is 1. The molecule has 11 nitrogen and oxygen atoms in total. The highest BCUT2D eigenvalue weighted by Gasteiger charge is 2.61. The molecule has 2 aliphatic rings. The van der Waals surface area contributed by atoms with Crippen LogP contribution >= 0.6 is 7.75 Å². The molecule has 0 spiro atoms. The highest BCUT2D eigenvalue weighted by Crippen LogP contribution is 2.48. The molecule has 0 radical (unpaired) electrons. The van der Waals surface area contributed by atoms with Crippen LogP contribution in [0.1, 0.15) is 12.5 Å². The quantitative estimate of drug-likeness (QED) is 0.206. The minimum Gasteiger partial charge on any atom is -0.460 e. The number of amidine groups is 1. The van der Waals surface area contributed by atoms with Gasteiger partial charge in [0, 0.05) is 11.6 Å². The number of nitrogens with one attached hydrogen (secondary N) is 1. The lowest BCUT2D eigenvalue weighted by Gasteiger charge is -2.31. The number of aliphatic imine (C=N–C) groups is 1. The Bertz CT molecular complexity index is 1630. The number of fused-ring (bicyclic) bond motifs is 1. The van der Waals surface area contributed by atoms with Crippen LogP contribution in [0.2, 0.25) is 0 Å². The number of carbonyl (C=O) groups is 1. The van der Waals surface area contributed by atoms with Gasteiger partial charge in [-0.25, -0.2) is 9.56 Å². The van der Waals surface area contributed by atoms with Crippen LogP contribution < -0.4 is 15.3 Å². The molecular formula is C30H31F2N4O7P. The van der Waals surface area contributed by atoms with Gasteiger partial charge in [0.05, 0.1) is 6.61 Å². The Kier molecular flexibility index (Phi) is 9.14. The maximum absolute atomic E-state index is 15.2. The van der Waals surface area contributed by atoms with Gasteiger partial charge in [-0.15, -0.1) is 0 Å². The van der Waals surface area contributed by atoms with Gasteiger partial charge in [0.1, 0.15) is 36.2 Å². The van der Waals surface area contributed by atoms with Gasteiger partial charge in [-0.05, 0) is 30.0 Å². The van der Waals surface area contributed by atoms with E-state index in [9.17, 15) is 14.5 Å². The monoisotopic (exact) mass is 628 g/mol. The Morgan fingerprint density at radius 1 is 1.18 bits per heavy atom. The summed E-state index contributed by atoms with van der Waals surface area (Å²) < 4.78 is 66.8. The molecule has 14 heteroatoms. The number of aliphatic hydroxyl groups is 1. The average Bonchev–Trinajstić information content (AvgIpc) is 3.23. The van der Waals surface area contributed by atoms with Gasteiger partial charge in [0.25, 0.3) is 0 Å². The number of halogens is 2. The van der Waals surface area contributed by atoms with Crippen LogP contribution in [-0.4, -0.2) is 58.8 Å². The second-order valence-electron chi connectivity index (χ2n) is 10.1. The number of benzene rings is 3. The number of alkyl halides is 2. The number of rotatable bonds is 11. The fraction of sp³-hybridized carbons (Fsp3) is 0.267. The zero-order valence-electron chi connectivity index (χ0n) is 23.6. The third-order valence-electron chi connectivity index (χ3n) is 6.90. The number of nitrogens with zero attached hydrogens (tertiary/aromatic N) is 2. The lowest BCUT2D eigenvalue weighted by molar-refractivity contribution is -0.148. The molecule has 0 amide bonds. The molecule has 1 fully saturated rings.